The van der Waals surface area contributed by atoms with Crippen molar-refractivity contribution < 1.29 is 17.9 Å². The number of fused-ring (bicyclic) bond motifs is 1. The predicted molar refractivity (Wildman–Crippen MR) is 68.1 cm³/mol. The molecular formula is C14H14F3NO. The molecule has 5 heteroatoms. The lowest BCUT2D eigenvalue weighted by molar-refractivity contribution is -0.148. The minimum atomic E-state index is -4.45. The van der Waals surface area contributed by atoms with Gasteiger partial charge in [-0.15, -0.1) is 0 Å². The van der Waals surface area contributed by atoms with Crippen LogP contribution in [0, 0.1) is 0 Å². The monoisotopic (exact) mass is 269 g/mol. The molecule has 0 saturated carbocycles. The van der Waals surface area contributed by atoms with E-state index < -0.39 is 12.2 Å². The third kappa shape index (κ3) is 2.81. The zero-order valence-electron chi connectivity index (χ0n) is 10.4. The van der Waals surface area contributed by atoms with Crippen molar-refractivity contribution in [2.24, 2.45) is 5.73 Å². The van der Waals surface area contributed by atoms with Crippen LogP contribution in [0.3, 0.4) is 0 Å². The molecule has 0 saturated heterocycles. The molecule has 2 rings (SSSR count). The summed E-state index contributed by atoms with van der Waals surface area (Å²) >= 11 is 0. The topological polar surface area (TPSA) is 35.2 Å². The van der Waals surface area contributed by atoms with Crippen LogP contribution in [0.25, 0.3) is 10.8 Å². The molecule has 0 radical (unpaired) electrons. The summed E-state index contributed by atoms with van der Waals surface area (Å²) in [6.45, 7) is 2.35. The second-order valence-corrected chi connectivity index (χ2v) is 4.18. The van der Waals surface area contributed by atoms with E-state index in [9.17, 15) is 13.2 Å². The van der Waals surface area contributed by atoms with Crippen molar-refractivity contribution in [2.45, 2.75) is 19.1 Å². The quantitative estimate of drug-likeness (QED) is 0.919. The van der Waals surface area contributed by atoms with Gasteiger partial charge in [0, 0.05) is 0 Å². The van der Waals surface area contributed by atoms with Crippen LogP contribution in [-0.4, -0.2) is 12.8 Å². The molecule has 102 valence electrons. The van der Waals surface area contributed by atoms with Crippen LogP contribution >= 0.6 is 0 Å². The second-order valence-electron chi connectivity index (χ2n) is 4.18. The lowest BCUT2D eigenvalue weighted by atomic mass is 9.99. The Morgan fingerprint density at radius 1 is 1.21 bits per heavy atom. The number of halogens is 3. The van der Waals surface area contributed by atoms with E-state index in [1.54, 1.807) is 30.3 Å². The Morgan fingerprint density at radius 2 is 1.95 bits per heavy atom. The van der Waals surface area contributed by atoms with Crippen LogP contribution in [-0.2, 0) is 0 Å². The minimum Gasteiger partial charge on any atom is -0.494 e. The summed E-state index contributed by atoms with van der Waals surface area (Å²) in [5, 5.41) is 1.18. The smallest absolute Gasteiger partial charge is 0.407 e. The van der Waals surface area contributed by atoms with Gasteiger partial charge in [0.2, 0.25) is 0 Å². The van der Waals surface area contributed by atoms with Crippen molar-refractivity contribution in [3.8, 4) is 5.75 Å². The fraction of sp³-hybridized carbons (Fsp3) is 0.286. The Hall–Kier alpha value is -1.75. The van der Waals surface area contributed by atoms with E-state index in [-0.39, 0.29) is 5.56 Å². The summed E-state index contributed by atoms with van der Waals surface area (Å²) in [5.74, 6) is 0.632. The molecule has 0 heterocycles. The number of alkyl halides is 3. The first-order chi connectivity index (χ1) is 8.93. The molecule has 0 aromatic heterocycles. The number of nitrogens with two attached hydrogens (primary N) is 1. The van der Waals surface area contributed by atoms with Gasteiger partial charge in [-0.2, -0.15) is 13.2 Å². The SMILES string of the molecule is CCOc1ccc2c([C@H](N)C(F)(F)F)cccc2c1. The first-order valence-electron chi connectivity index (χ1n) is 5.91. The molecule has 0 aliphatic rings. The summed E-state index contributed by atoms with van der Waals surface area (Å²) in [4.78, 5) is 0. The molecule has 0 amide bonds. The van der Waals surface area contributed by atoms with Gasteiger partial charge in [0.15, 0.2) is 0 Å². The van der Waals surface area contributed by atoms with Gasteiger partial charge in [0.05, 0.1) is 6.61 Å². The van der Waals surface area contributed by atoms with Gasteiger partial charge in [0.1, 0.15) is 11.8 Å². The molecule has 0 unspecified atom stereocenters. The lowest BCUT2D eigenvalue weighted by Crippen LogP contribution is -2.28. The van der Waals surface area contributed by atoms with Crippen molar-refractivity contribution in [1.29, 1.82) is 0 Å². The average molecular weight is 269 g/mol. The highest BCUT2D eigenvalue weighted by atomic mass is 19.4. The molecule has 1 atom stereocenters. The van der Waals surface area contributed by atoms with Gasteiger partial charge in [-0.1, -0.05) is 24.3 Å². The number of hydrogen-bond acceptors (Lipinski definition) is 2. The van der Waals surface area contributed by atoms with Gasteiger partial charge in [-0.25, -0.2) is 0 Å². The zero-order chi connectivity index (χ0) is 14.0. The second kappa shape index (κ2) is 5.09. The van der Waals surface area contributed by atoms with Crippen molar-refractivity contribution in [3.63, 3.8) is 0 Å². The van der Waals surface area contributed by atoms with Gasteiger partial charge < -0.3 is 10.5 Å². The van der Waals surface area contributed by atoms with Crippen molar-refractivity contribution in [2.75, 3.05) is 6.61 Å². The van der Waals surface area contributed by atoms with Crippen LogP contribution in [0.4, 0.5) is 13.2 Å². The predicted octanol–water partition coefficient (Wildman–Crippen LogP) is 3.80. The molecule has 2 aromatic carbocycles. The Kier molecular flexibility index (Phi) is 3.66. The fourth-order valence-electron chi connectivity index (χ4n) is 1.99. The lowest BCUT2D eigenvalue weighted by Gasteiger charge is -2.18. The van der Waals surface area contributed by atoms with Crippen molar-refractivity contribution in [1.82, 2.24) is 0 Å². The number of rotatable bonds is 3. The van der Waals surface area contributed by atoms with Gasteiger partial charge in [-0.05, 0) is 35.4 Å². The summed E-state index contributed by atoms with van der Waals surface area (Å²) in [7, 11) is 0. The average Bonchev–Trinajstić information content (AvgIpc) is 2.36. The molecule has 0 aliphatic heterocycles. The fourth-order valence-corrected chi connectivity index (χ4v) is 1.99. The summed E-state index contributed by atoms with van der Waals surface area (Å²) < 4.78 is 43.5. The maximum atomic E-state index is 12.7. The number of ether oxygens (including phenoxy) is 1. The van der Waals surface area contributed by atoms with Crippen LogP contribution in [0.1, 0.15) is 18.5 Å². The molecule has 2 aromatic rings. The van der Waals surface area contributed by atoms with Crippen LogP contribution in [0.15, 0.2) is 36.4 Å². The number of benzene rings is 2. The van der Waals surface area contributed by atoms with E-state index in [1.165, 1.54) is 6.07 Å². The molecule has 2 nitrogen and oxygen atoms in total. The van der Waals surface area contributed by atoms with Gasteiger partial charge in [0.25, 0.3) is 0 Å². The molecule has 0 spiro atoms. The third-order valence-corrected chi connectivity index (χ3v) is 2.88. The first-order valence-corrected chi connectivity index (χ1v) is 5.91. The van der Waals surface area contributed by atoms with Crippen molar-refractivity contribution >= 4 is 10.8 Å². The molecule has 0 aliphatic carbocycles. The Labute approximate surface area is 109 Å². The molecule has 2 N–H and O–H groups in total. The van der Waals surface area contributed by atoms with E-state index >= 15 is 0 Å². The van der Waals surface area contributed by atoms with E-state index in [1.807, 2.05) is 6.92 Å². The van der Waals surface area contributed by atoms with Crippen LogP contribution < -0.4 is 10.5 Å². The van der Waals surface area contributed by atoms with Crippen molar-refractivity contribution in [3.05, 3.63) is 42.0 Å². The normalized spacial score (nSPS) is 13.5. The van der Waals surface area contributed by atoms with E-state index in [0.29, 0.717) is 23.1 Å². The van der Waals surface area contributed by atoms with E-state index in [4.69, 9.17) is 10.5 Å². The molecular weight excluding hydrogens is 255 g/mol. The Balaban J connectivity index is 2.52. The standard InChI is InChI=1S/C14H14F3NO/c1-2-19-10-6-7-11-9(8-10)4-3-5-12(11)13(18)14(15,16)17/h3-8,13H,2,18H2,1H3/t13-/m0/s1. The molecule has 0 fully saturated rings. The maximum absolute atomic E-state index is 12.7. The molecule has 19 heavy (non-hydrogen) atoms. The highest BCUT2D eigenvalue weighted by molar-refractivity contribution is 5.87. The first kappa shape index (κ1) is 13.7. The van der Waals surface area contributed by atoms with Crippen LogP contribution in [0.5, 0.6) is 5.75 Å². The zero-order valence-corrected chi connectivity index (χ0v) is 10.4. The minimum absolute atomic E-state index is 0.0769. The van der Waals surface area contributed by atoms with Crippen LogP contribution in [0.2, 0.25) is 0 Å². The highest BCUT2D eigenvalue weighted by Crippen LogP contribution is 2.35. The van der Waals surface area contributed by atoms with Gasteiger partial charge in [-0.3, -0.25) is 0 Å². The Bertz CT molecular complexity index is 580. The van der Waals surface area contributed by atoms with E-state index in [0.717, 1.165) is 0 Å². The number of hydrogen-bond donors (Lipinski definition) is 1. The van der Waals surface area contributed by atoms with Gasteiger partial charge >= 0.3 is 6.18 Å². The summed E-state index contributed by atoms with van der Waals surface area (Å²) in [6, 6.07) is 7.71. The third-order valence-electron chi connectivity index (χ3n) is 2.88. The maximum Gasteiger partial charge on any atom is 0.407 e. The Morgan fingerprint density at radius 3 is 2.58 bits per heavy atom. The highest BCUT2D eigenvalue weighted by Gasteiger charge is 2.38. The van der Waals surface area contributed by atoms with E-state index in [2.05, 4.69) is 0 Å². The molecule has 0 bridgehead atoms. The summed E-state index contributed by atoms with van der Waals surface area (Å²) in [6.07, 6.45) is -4.45. The largest absolute Gasteiger partial charge is 0.494 e. The summed E-state index contributed by atoms with van der Waals surface area (Å²) in [5.41, 5.74) is 5.36.